The molecule has 23 heavy (non-hydrogen) atoms. The van der Waals surface area contributed by atoms with Gasteiger partial charge in [-0.05, 0) is 31.2 Å². The molecule has 128 valence electrons. The standard InChI is InChI=1S/C20H30O3/c1-22-19(21)20(17-23-20)16-12-7-5-3-2-4-6-9-13-18-14-10-8-11-15-18/h8,10-11,14-15H,2-7,9,12-13,16-17H2,1H3/t20-/m0/s1. The fraction of sp³-hybridized carbons (Fsp3) is 0.650. The van der Waals surface area contributed by atoms with E-state index >= 15 is 0 Å². The number of ether oxygens (including phenoxy) is 2. The van der Waals surface area contributed by atoms with E-state index in [-0.39, 0.29) is 5.97 Å². The van der Waals surface area contributed by atoms with E-state index in [4.69, 9.17) is 9.47 Å². The Labute approximate surface area is 140 Å². The number of esters is 1. The van der Waals surface area contributed by atoms with Crippen LogP contribution < -0.4 is 0 Å². The van der Waals surface area contributed by atoms with Gasteiger partial charge >= 0.3 is 5.97 Å². The van der Waals surface area contributed by atoms with Gasteiger partial charge in [-0.1, -0.05) is 68.9 Å². The Morgan fingerprint density at radius 3 is 2.13 bits per heavy atom. The van der Waals surface area contributed by atoms with Gasteiger partial charge in [0.05, 0.1) is 13.7 Å². The van der Waals surface area contributed by atoms with Gasteiger partial charge in [-0.2, -0.15) is 0 Å². The number of epoxide rings is 1. The predicted octanol–water partition coefficient (Wildman–Crippen LogP) is 4.68. The highest BCUT2D eigenvalue weighted by molar-refractivity contribution is 5.82. The van der Waals surface area contributed by atoms with E-state index in [1.54, 1.807) is 0 Å². The predicted molar refractivity (Wildman–Crippen MR) is 92.4 cm³/mol. The van der Waals surface area contributed by atoms with Gasteiger partial charge in [0.25, 0.3) is 0 Å². The van der Waals surface area contributed by atoms with E-state index in [9.17, 15) is 4.79 Å². The molecule has 3 heteroatoms. The maximum Gasteiger partial charge on any atom is 0.340 e. The molecule has 1 heterocycles. The fourth-order valence-electron chi connectivity index (χ4n) is 3.08. The molecule has 1 fully saturated rings. The molecule has 0 spiro atoms. The van der Waals surface area contributed by atoms with Gasteiger partial charge in [-0.3, -0.25) is 0 Å². The van der Waals surface area contributed by atoms with Crippen LogP contribution in [0.25, 0.3) is 0 Å². The summed E-state index contributed by atoms with van der Waals surface area (Å²) in [6, 6.07) is 10.7. The van der Waals surface area contributed by atoms with Crippen molar-refractivity contribution in [3.05, 3.63) is 35.9 Å². The zero-order chi connectivity index (χ0) is 16.4. The first-order chi connectivity index (χ1) is 11.3. The summed E-state index contributed by atoms with van der Waals surface area (Å²) in [5.74, 6) is -0.198. The van der Waals surface area contributed by atoms with Crippen LogP contribution in [-0.2, 0) is 20.7 Å². The molecule has 1 aliphatic rings. The Morgan fingerprint density at radius 1 is 1.00 bits per heavy atom. The van der Waals surface area contributed by atoms with E-state index in [0.29, 0.717) is 6.61 Å². The SMILES string of the molecule is COC(=O)[C@]1(CCCCCCCCCCc2ccccc2)CO1. The molecule has 1 aromatic rings. The first-order valence-corrected chi connectivity index (χ1v) is 9.03. The first-order valence-electron chi connectivity index (χ1n) is 9.03. The van der Waals surface area contributed by atoms with Crippen LogP contribution in [0.1, 0.15) is 63.4 Å². The van der Waals surface area contributed by atoms with Crippen molar-refractivity contribution < 1.29 is 14.3 Å². The van der Waals surface area contributed by atoms with Crippen LogP contribution in [0.15, 0.2) is 30.3 Å². The van der Waals surface area contributed by atoms with Crippen molar-refractivity contribution in [1.29, 1.82) is 0 Å². The fourth-order valence-corrected chi connectivity index (χ4v) is 3.08. The summed E-state index contributed by atoms with van der Waals surface area (Å²) >= 11 is 0. The first kappa shape index (κ1) is 18.0. The van der Waals surface area contributed by atoms with Crippen LogP contribution in [0, 0.1) is 0 Å². The molecule has 0 saturated carbocycles. The Bertz CT molecular complexity index is 451. The summed E-state index contributed by atoms with van der Waals surface area (Å²) in [6.07, 6.45) is 12.1. The number of benzene rings is 1. The highest BCUT2D eigenvalue weighted by Gasteiger charge is 2.52. The third-order valence-electron chi connectivity index (χ3n) is 4.69. The minimum atomic E-state index is -0.577. The van der Waals surface area contributed by atoms with Crippen molar-refractivity contribution >= 4 is 5.97 Å². The van der Waals surface area contributed by atoms with Gasteiger partial charge in [0.1, 0.15) is 0 Å². The second kappa shape index (κ2) is 9.71. The Balaban J connectivity index is 1.38. The van der Waals surface area contributed by atoms with Crippen molar-refractivity contribution in [3.8, 4) is 0 Å². The summed E-state index contributed by atoms with van der Waals surface area (Å²) in [4.78, 5) is 11.5. The molecule has 2 rings (SSSR count). The number of carbonyl (C=O) groups is 1. The van der Waals surface area contributed by atoms with Crippen LogP contribution in [0.4, 0.5) is 0 Å². The average Bonchev–Trinajstić information content (AvgIpc) is 3.38. The van der Waals surface area contributed by atoms with Crippen molar-refractivity contribution in [3.63, 3.8) is 0 Å². The third-order valence-corrected chi connectivity index (χ3v) is 4.69. The van der Waals surface area contributed by atoms with Gasteiger partial charge in [0.2, 0.25) is 0 Å². The second-order valence-electron chi connectivity index (χ2n) is 6.59. The summed E-state index contributed by atoms with van der Waals surface area (Å²) in [7, 11) is 1.43. The molecule has 1 aromatic carbocycles. The van der Waals surface area contributed by atoms with Gasteiger partial charge in [0, 0.05) is 0 Å². The molecule has 3 nitrogen and oxygen atoms in total. The van der Waals surface area contributed by atoms with Gasteiger partial charge in [-0.25, -0.2) is 4.79 Å². The van der Waals surface area contributed by atoms with Gasteiger partial charge in [0.15, 0.2) is 5.60 Å². The molecule has 1 saturated heterocycles. The maximum atomic E-state index is 11.5. The molecular weight excluding hydrogens is 288 g/mol. The summed E-state index contributed by atoms with van der Waals surface area (Å²) in [5.41, 5.74) is 0.876. The van der Waals surface area contributed by atoms with Crippen LogP contribution in [0.3, 0.4) is 0 Å². The quantitative estimate of drug-likeness (QED) is 0.319. The molecule has 0 radical (unpaired) electrons. The minimum Gasteiger partial charge on any atom is -0.467 e. The van der Waals surface area contributed by atoms with Crippen LogP contribution in [0.5, 0.6) is 0 Å². The van der Waals surface area contributed by atoms with E-state index in [1.807, 2.05) is 0 Å². The monoisotopic (exact) mass is 318 g/mol. The largest absolute Gasteiger partial charge is 0.467 e. The number of hydrogen-bond donors (Lipinski definition) is 0. The molecule has 1 atom stereocenters. The van der Waals surface area contributed by atoms with E-state index in [2.05, 4.69) is 30.3 Å². The molecule has 0 aliphatic carbocycles. The van der Waals surface area contributed by atoms with Crippen molar-refractivity contribution in [2.45, 2.75) is 69.8 Å². The number of hydrogen-bond acceptors (Lipinski definition) is 3. The molecule has 0 N–H and O–H groups in total. The van der Waals surface area contributed by atoms with Crippen LogP contribution in [0.2, 0.25) is 0 Å². The van der Waals surface area contributed by atoms with E-state index < -0.39 is 5.60 Å². The number of unbranched alkanes of at least 4 members (excludes halogenated alkanes) is 7. The van der Waals surface area contributed by atoms with Gasteiger partial charge < -0.3 is 9.47 Å². The summed E-state index contributed by atoms with van der Waals surface area (Å²) < 4.78 is 10.1. The van der Waals surface area contributed by atoms with Gasteiger partial charge in [-0.15, -0.1) is 0 Å². The third kappa shape index (κ3) is 6.34. The molecule has 0 amide bonds. The maximum absolute atomic E-state index is 11.5. The summed E-state index contributed by atoms with van der Waals surface area (Å²) in [6.45, 7) is 0.543. The number of methoxy groups -OCH3 is 1. The average molecular weight is 318 g/mol. The Hall–Kier alpha value is -1.35. The summed E-state index contributed by atoms with van der Waals surface area (Å²) in [5, 5.41) is 0. The highest BCUT2D eigenvalue weighted by Crippen LogP contribution is 2.34. The molecule has 0 unspecified atom stereocenters. The Morgan fingerprint density at radius 2 is 1.57 bits per heavy atom. The lowest BCUT2D eigenvalue weighted by atomic mass is 10.0. The lowest BCUT2D eigenvalue weighted by Gasteiger charge is -2.08. The lowest BCUT2D eigenvalue weighted by molar-refractivity contribution is -0.147. The Kier molecular flexibility index (Phi) is 7.60. The topological polar surface area (TPSA) is 38.8 Å². The van der Waals surface area contributed by atoms with E-state index in [1.165, 1.54) is 64.0 Å². The normalized spacial score (nSPS) is 19.5. The van der Waals surface area contributed by atoms with Crippen LogP contribution in [-0.4, -0.2) is 25.3 Å². The molecular formula is C20H30O3. The van der Waals surface area contributed by atoms with Crippen molar-refractivity contribution in [2.24, 2.45) is 0 Å². The van der Waals surface area contributed by atoms with E-state index in [0.717, 1.165) is 12.8 Å². The smallest absolute Gasteiger partial charge is 0.340 e. The molecule has 0 bridgehead atoms. The highest BCUT2D eigenvalue weighted by atomic mass is 16.6. The zero-order valence-corrected chi connectivity index (χ0v) is 14.4. The number of carbonyl (C=O) groups excluding carboxylic acids is 1. The second-order valence-corrected chi connectivity index (χ2v) is 6.59. The van der Waals surface area contributed by atoms with Crippen LogP contribution >= 0.6 is 0 Å². The molecule has 1 aliphatic heterocycles. The number of rotatable bonds is 12. The zero-order valence-electron chi connectivity index (χ0n) is 14.4. The minimum absolute atomic E-state index is 0.198. The lowest BCUT2D eigenvalue weighted by Crippen LogP contribution is -2.25. The van der Waals surface area contributed by atoms with Crippen molar-refractivity contribution in [2.75, 3.05) is 13.7 Å². The molecule has 0 aromatic heterocycles. The van der Waals surface area contributed by atoms with Crippen molar-refractivity contribution in [1.82, 2.24) is 0 Å². The number of aryl methyl sites for hydroxylation is 1.